The third-order valence-corrected chi connectivity index (χ3v) is 1.65. The lowest BCUT2D eigenvalue weighted by Gasteiger charge is -2.04. The van der Waals surface area contributed by atoms with Crippen LogP contribution < -0.4 is 5.69 Å². The summed E-state index contributed by atoms with van der Waals surface area (Å²) >= 11 is 0. The van der Waals surface area contributed by atoms with Crippen LogP contribution in [0.4, 0.5) is 0 Å². The number of aliphatic hydroxyl groups is 1. The maximum atomic E-state index is 10.9. The molecule has 0 radical (unpaired) electrons. The normalized spacial score (nSPS) is 12.7. The van der Waals surface area contributed by atoms with E-state index in [-0.39, 0.29) is 18.7 Å². The first-order valence-electron chi connectivity index (χ1n) is 3.76. The van der Waals surface area contributed by atoms with Crippen molar-refractivity contribution in [3.8, 4) is 0 Å². The molecule has 0 spiro atoms. The highest BCUT2D eigenvalue weighted by Gasteiger charge is 2.12. The third kappa shape index (κ3) is 2.45. The Morgan fingerprint density at radius 2 is 2.38 bits per heavy atom. The van der Waals surface area contributed by atoms with Gasteiger partial charge < -0.3 is 15.2 Å². The van der Waals surface area contributed by atoms with Gasteiger partial charge in [0.1, 0.15) is 0 Å². The van der Waals surface area contributed by atoms with Gasteiger partial charge in [-0.05, 0) is 0 Å². The van der Waals surface area contributed by atoms with Crippen molar-refractivity contribution in [3.63, 3.8) is 0 Å². The number of H-pyrrole nitrogens is 1. The highest BCUT2D eigenvalue weighted by molar-refractivity contribution is 5.71. The maximum absolute atomic E-state index is 10.9. The standard InChI is InChI=1S/C7H10N2O4/c10-5(6(11)12)1-3-9-4-2-8-7(9)13/h2,4-5,10H,1,3H2,(H,8,13)(H,11,12). The van der Waals surface area contributed by atoms with E-state index in [2.05, 4.69) is 4.98 Å². The van der Waals surface area contributed by atoms with Gasteiger partial charge in [0.2, 0.25) is 0 Å². The van der Waals surface area contributed by atoms with Crippen molar-refractivity contribution in [2.24, 2.45) is 0 Å². The Balaban J connectivity index is 2.48. The number of aliphatic carboxylic acids is 1. The molecule has 0 bridgehead atoms. The fraction of sp³-hybridized carbons (Fsp3) is 0.429. The second-order valence-corrected chi connectivity index (χ2v) is 2.60. The van der Waals surface area contributed by atoms with Gasteiger partial charge in [0, 0.05) is 25.4 Å². The molecule has 0 aromatic carbocycles. The molecule has 0 aliphatic rings. The number of imidazole rings is 1. The van der Waals surface area contributed by atoms with Gasteiger partial charge in [0.05, 0.1) is 0 Å². The van der Waals surface area contributed by atoms with Gasteiger partial charge in [-0.25, -0.2) is 9.59 Å². The zero-order valence-corrected chi connectivity index (χ0v) is 6.80. The highest BCUT2D eigenvalue weighted by Crippen LogP contribution is 1.94. The van der Waals surface area contributed by atoms with Crippen LogP contribution in [0, 0.1) is 0 Å². The van der Waals surface area contributed by atoms with Crippen molar-refractivity contribution in [2.75, 3.05) is 0 Å². The van der Waals surface area contributed by atoms with Gasteiger partial charge in [0.25, 0.3) is 0 Å². The molecular weight excluding hydrogens is 176 g/mol. The third-order valence-electron chi connectivity index (χ3n) is 1.65. The van der Waals surface area contributed by atoms with Crippen LogP contribution in [-0.4, -0.2) is 31.8 Å². The van der Waals surface area contributed by atoms with Crippen molar-refractivity contribution in [3.05, 3.63) is 22.9 Å². The van der Waals surface area contributed by atoms with E-state index >= 15 is 0 Å². The molecule has 0 fully saturated rings. The first kappa shape index (κ1) is 9.53. The molecule has 0 saturated carbocycles. The maximum Gasteiger partial charge on any atom is 0.332 e. The van der Waals surface area contributed by atoms with Gasteiger partial charge in [-0.1, -0.05) is 0 Å². The van der Waals surface area contributed by atoms with E-state index in [9.17, 15) is 9.59 Å². The summed E-state index contributed by atoms with van der Waals surface area (Å²) in [6.07, 6.45) is 1.56. The number of aliphatic hydroxyl groups excluding tert-OH is 1. The number of aromatic amines is 1. The largest absolute Gasteiger partial charge is 0.479 e. The zero-order chi connectivity index (χ0) is 9.84. The van der Waals surface area contributed by atoms with Crippen LogP contribution in [-0.2, 0) is 11.3 Å². The van der Waals surface area contributed by atoms with Gasteiger partial charge in [-0.15, -0.1) is 0 Å². The fourth-order valence-corrected chi connectivity index (χ4v) is 0.910. The summed E-state index contributed by atoms with van der Waals surface area (Å²) in [5.74, 6) is -1.27. The fourth-order valence-electron chi connectivity index (χ4n) is 0.910. The first-order chi connectivity index (χ1) is 6.11. The molecule has 0 amide bonds. The minimum atomic E-state index is -1.42. The lowest BCUT2D eigenvalue weighted by atomic mass is 10.2. The predicted octanol–water partition coefficient (Wildman–Crippen LogP) is -0.988. The Bertz CT molecular complexity index is 340. The molecule has 1 heterocycles. The van der Waals surface area contributed by atoms with Gasteiger partial charge in [-0.3, -0.25) is 4.57 Å². The summed E-state index contributed by atoms with van der Waals surface area (Å²) in [4.78, 5) is 23.5. The number of carboxylic acid groups (broad SMARTS) is 1. The quantitative estimate of drug-likeness (QED) is 0.562. The van der Waals surface area contributed by atoms with Gasteiger partial charge >= 0.3 is 11.7 Å². The minimum absolute atomic E-state index is 0.0209. The lowest BCUT2D eigenvalue weighted by Crippen LogP contribution is -2.24. The van der Waals surface area contributed by atoms with Crippen LogP contribution in [0.2, 0.25) is 0 Å². The summed E-state index contributed by atoms with van der Waals surface area (Å²) in [6.45, 7) is 0.190. The Labute approximate surface area is 73.4 Å². The summed E-state index contributed by atoms with van der Waals surface area (Å²) in [5, 5.41) is 17.2. The molecule has 1 aromatic rings. The van der Waals surface area contributed by atoms with Crippen molar-refractivity contribution in [1.82, 2.24) is 9.55 Å². The van der Waals surface area contributed by atoms with Crippen molar-refractivity contribution < 1.29 is 15.0 Å². The molecule has 1 aromatic heterocycles. The number of hydrogen-bond donors (Lipinski definition) is 3. The number of nitrogens with one attached hydrogen (secondary N) is 1. The Morgan fingerprint density at radius 1 is 1.69 bits per heavy atom. The van der Waals surface area contributed by atoms with E-state index < -0.39 is 12.1 Å². The number of hydrogen-bond acceptors (Lipinski definition) is 3. The van der Waals surface area contributed by atoms with E-state index in [4.69, 9.17) is 10.2 Å². The summed E-state index contributed by atoms with van der Waals surface area (Å²) in [6, 6.07) is 0. The summed E-state index contributed by atoms with van der Waals surface area (Å²) in [5.41, 5.74) is -0.308. The van der Waals surface area contributed by atoms with E-state index in [1.165, 1.54) is 17.0 Å². The summed E-state index contributed by atoms with van der Waals surface area (Å²) < 4.78 is 1.30. The van der Waals surface area contributed by atoms with Crippen LogP contribution in [0.15, 0.2) is 17.2 Å². The van der Waals surface area contributed by atoms with E-state index in [0.717, 1.165) is 0 Å². The van der Waals surface area contributed by atoms with Crippen molar-refractivity contribution in [1.29, 1.82) is 0 Å². The Morgan fingerprint density at radius 3 is 2.85 bits per heavy atom. The molecule has 3 N–H and O–H groups in total. The number of nitrogens with zero attached hydrogens (tertiary/aromatic N) is 1. The van der Waals surface area contributed by atoms with Crippen LogP contribution in [0.5, 0.6) is 0 Å². The average Bonchev–Trinajstić information content (AvgIpc) is 2.47. The zero-order valence-electron chi connectivity index (χ0n) is 6.80. The first-order valence-corrected chi connectivity index (χ1v) is 3.76. The Hall–Kier alpha value is -1.56. The molecule has 0 aliphatic heterocycles. The van der Waals surface area contributed by atoms with Crippen molar-refractivity contribution >= 4 is 5.97 Å². The molecule has 1 atom stereocenters. The number of carbonyl (C=O) groups is 1. The predicted molar refractivity (Wildman–Crippen MR) is 43.3 cm³/mol. The monoisotopic (exact) mass is 186 g/mol. The molecule has 1 unspecified atom stereocenters. The number of aromatic nitrogens is 2. The molecule has 72 valence electrons. The Kier molecular flexibility index (Phi) is 2.86. The number of aryl methyl sites for hydroxylation is 1. The van der Waals surface area contributed by atoms with Gasteiger partial charge in [-0.2, -0.15) is 0 Å². The topological polar surface area (TPSA) is 95.3 Å². The molecule has 0 aliphatic carbocycles. The number of rotatable bonds is 4. The molecule has 0 saturated heterocycles. The minimum Gasteiger partial charge on any atom is -0.479 e. The molecule has 6 heteroatoms. The van der Waals surface area contributed by atoms with Crippen LogP contribution >= 0.6 is 0 Å². The average molecular weight is 186 g/mol. The second-order valence-electron chi connectivity index (χ2n) is 2.60. The lowest BCUT2D eigenvalue weighted by molar-refractivity contribution is -0.147. The molecule has 13 heavy (non-hydrogen) atoms. The number of carboxylic acids is 1. The van der Waals surface area contributed by atoms with Crippen molar-refractivity contribution in [2.45, 2.75) is 19.1 Å². The summed E-state index contributed by atoms with van der Waals surface area (Å²) in [7, 11) is 0. The smallest absolute Gasteiger partial charge is 0.332 e. The van der Waals surface area contributed by atoms with E-state index in [1.54, 1.807) is 0 Å². The van der Waals surface area contributed by atoms with E-state index in [0.29, 0.717) is 0 Å². The van der Waals surface area contributed by atoms with E-state index in [1.807, 2.05) is 0 Å². The molecule has 1 rings (SSSR count). The van der Waals surface area contributed by atoms with Gasteiger partial charge in [0.15, 0.2) is 6.10 Å². The highest BCUT2D eigenvalue weighted by atomic mass is 16.4. The molecule has 6 nitrogen and oxygen atoms in total. The van der Waals surface area contributed by atoms with Crippen LogP contribution in [0.3, 0.4) is 0 Å². The van der Waals surface area contributed by atoms with Crippen LogP contribution in [0.1, 0.15) is 6.42 Å². The van der Waals surface area contributed by atoms with Crippen LogP contribution in [0.25, 0.3) is 0 Å². The molecular formula is C7H10N2O4. The SMILES string of the molecule is O=C(O)C(O)CCn1cc[nH]c1=O. The second kappa shape index (κ2) is 3.90.